The monoisotopic (exact) mass is 580 g/mol. The number of amides is 2. The smallest absolute Gasteiger partial charge is 0.254 e. The maximum Gasteiger partial charge on any atom is 0.254 e. The standard InChI is InChI=1S/C24H28N4O7S3/c1-15-13-19-20(36-23(27-19)21(37(2,31)32)22(29)26-7-12-38(25,33)34)14-18(15)16-3-5-17(6-4-16)24(30)28-8-10-35-11-9-28/h3-6,13-14,21H,7-12H2,1-2H3,(H,26,29)(H2,25,33,34). The van der Waals surface area contributed by atoms with E-state index in [9.17, 15) is 26.4 Å². The lowest BCUT2D eigenvalue weighted by molar-refractivity contribution is -0.120. The van der Waals surface area contributed by atoms with E-state index < -0.39 is 36.8 Å². The largest absolute Gasteiger partial charge is 0.378 e. The number of sulfonamides is 1. The van der Waals surface area contributed by atoms with Gasteiger partial charge in [-0.3, -0.25) is 9.59 Å². The van der Waals surface area contributed by atoms with Crippen molar-refractivity contribution < 1.29 is 31.2 Å². The van der Waals surface area contributed by atoms with Crippen LogP contribution in [0.2, 0.25) is 0 Å². The van der Waals surface area contributed by atoms with Gasteiger partial charge >= 0.3 is 0 Å². The van der Waals surface area contributed by atoms with Crippen molar-refractivity contribution in [3.05, 3.63) is 52.5 Å². The number of thiazole rings is 1. The molecule has 2 amide bonds. The van der Waals surface area contributed by atoms with E-state index in [2.05, 4.69) is 10.3 Å². The Morgan fingerprint density at radius 3 is 2.39 bits per heavy atom. The molecule has 4 rings (SSSR count). The van der Waals surface area contributed by atoms with Crippen molar-refractivity contribution in [3.8, 4) is 11.1 Å². The SMILES string of the molecule is Cc1cc2nc(C(C(=O)NCCS(N)(=O)=O)S(C)(=O)=O)sc2cc1-c1ccc(C(=O)N2CCOCC2)cc1. The zero-order valence-corrected chi connectivity index (χ0v) is 23.3. The molecule has 1 aliphatic heterocycles. The number of carbonyl (C=O) groups excluding carboxylic acids is 2. The van der Waals surface area contributed by atoms with Gasteiger partial charge in [-0.15, -0.1) is 11.3 Å². The van der Waals surface area contributed by atoms with Crippen molar-refractivity contribution in [2.45, 2.75) is 12.2 Å². The first-order valence-electron chi connectivity index (χ1n) is 11.7. The second-order valence-corrected chi connectivity index (χ2v) is 14.0. The Morgan fingerprint density at radius 1 is 1.13 bits per heavy atom. The predicted molar refractivity (Wildman–Crippen MR) is 145 cm³/mol. The second-order valence-electron chi connectivity index (χ2n) is 9.04. The van der Waals surface area contributed by atoms with Crippen molar-refractivity contribution in [2.75, 3.05) is 44.9 Å². The Hall–Kier alpha value is -2.91. The number of rotatable bonds is 8. The van der Waals surface area contributed by atoms with Crippen LogP contribution in [0.3, 0.4) is 0 Å². The highest BCUT2D eigenvalue weighted by molar-refractivity contribution is 7.91. The van der Waals surface area contributed by atoms with Crippen LogP contribution in [0.25, 0.3) is 21.3 Å². The maximum atomic E-state index is 12.8. The quantitative estimate of drug-likeness (QED) is 0.401. The van der Waals surface area contributed by atoms with Gasteiger partial charge in [0.05, 0.1) is 29.2 Å². The van der Waals surface area contributed by atoms with Crippen LogP contribution in [0.15, 0.2) is 36.4 Å². The summed E-state index contributed by atoms with van der Waals surface area (Å²) in [5.41, 5.74) is 3.76. The number of benzene rings is 2. The lowest BCUT2D eigenvalue weighted by Gasteiger charge is -2.26. The number of hydrogen-bond acceptors (Lipinski definition) is 9. The summed E-state index contributed by atoms with van der Waals surface area (Å²) in [5, 5.41) is 5.77. The number of aromatic nitrogens is 1. The van der Waals surface area contributed by atoms with E-state index in [0.717, 1.165) is 34.3 Å². The Morgan fingerprint density at radius 2 is 1.79 bits per heavy atom. The van der Waals surface area contributed by atoms with Gasteiger partial charge in [-0.05, 0) is 47.9 Å². The molecule has 3 N–H and O–H groups in total. The fourth-order valence-electron chi connectivity index (χ4n) is 4.16. The molecule has 1 unspecified atom stereocenters. The third kappa shape index (κ3) is 6.56. The van der Waals surface area contributed by atoms with E-state index in [1.807, 2.05) is 31.2 Å². The van der Waals surface area contributed by atoms with E-state index in [1.165, 1.54) is 0 Å². The zero-order chi connectivity index (χ0) is 27.7. The summed E-state index contributed by atoms with van der Waals surface area (Å²) >= 11 is 1.08. The molecular formula is C24H28N4O7S3. The topological polar surface area (TPSA) is 166 Å². The van der Waals surface area contributed by atoms with Gasteiger partial charge in [-0.25, -0.2) is 27.0 Å². The van der Waals surface area contributed by atoms with Gasteiger partial charge in [-0.2, -0.15) is 0 Å². The molecule has 14 heteroatoms. The number of sulfone groups is 1. The number of ether oxygens (including phenoxy) is 1. The number of fused-ring (bicyclic) bond motifs is 1. The molecule has 0 aliphatic carbocycles. The van der Waals surface area contributed by atoms with Crippen molar-refractivity contribution in [3.63, 3.8) is 0 Å². The van der Waals surface area contributed by atoms with Crippen LogP contribution in [0, 0.1) is 6.92 Å². The van der Waals surface area contributed by atoms with Gasteiger partial charge in [0, 0.05) is 31.5 Å². The summed E-state index contributed by atoms with van der Waals surface area (Å²) < 4.78 is 53.3. The first-order chi connectivity index (χ1) is 17.8. The van der Waals surface area contributed by atoms with Crippen molar-refractivity contribution in [2.24, 2.45) is 5.14 Å². The fraction of sp³-hybridized carbons (Fsp3) is 0.375. The Balaban J connectivity index is 1.60. The molecule has 204 valence electrons. The molecule has 0 radical (unpaired) electrons. The van der Waals surface area contributed by atoms with Gasteiger partial charge < -0.3 is 15.0 Å². The molecule has 1 saturated heterocycles. The molecule has 1 aliphatic rings. The van der Waals surface area contributed by atoms with E-state index in [0.29, 0.717) is 42.1 Å². The summed E-state index contributed by atoms with van der Waals surface area (Å²) in [6.07, 6.45) is 0.930. The fourth-order valence-corrected chi connectivity index (χ4v) is 7.08. The van der Waals surface area contributed by atoms with Crippen LogP contribution < -0.4 is 10.5 Å². The molecular weight excluding hydrogens is 552 g/mol. The summed E-state index contributed by atoms with van der Waals surface area (Å²) in [4.78, 5) is 31.6. The van der Waals surface area contributed by atoms with Gasteiger partial charge in [0.1, 0.15) is 5.01 Å². The normalized spacial score (nSPS) is 15.4. The molecule has 0 bridgehead atoms. The molecule has 3 aromatic rings. The maximum absolute atomic E-state index is 12.8. The summed E-state index contributed by atoms with van der Waals surface area (Å²) in [6, 6.07) is 11.0. The summed E-state index contributed by atoms with van der Waals surface area (Å²) in [6.45, 7) is 3.75. The van der Waals surface area contributed by atoms with E-state index >= 15 is 0 Å². The number of primary sulfonamides is 1. The minimum absolute atomic E-state index is 0.0479. The number of aryl methyl sites for hydroxylation is 1. The van der Waals surface area contributed by atoms with E-state index in [-0.39, 0.29) is 17.5 Å². The third-order valence-corrected chi connectivity index (χ3v) is 9.37. The van der Waals surface area contributed by atoms with Crippen LogP contribution in [-0.4, -0.2) is 83.4 Å². The number of nitrogens with zero attached hydrogens (tertiary/aromatic N) is 2. The van der Waals surface area contributed by atoms with Crippen LogP contribution >= 0.6 is 11.3 Å². The second kappa shape index (κ2) is 11.1. The van der Waals surface area contributed by atoms with Crippen LogP contribution in [0.1, 0.15) is 26.2 Å². The molecule has 0 spiro atoms. The van der Waals surface area contributed by atoms with Crippen LogP contribution in [-0.2, 0) is 29.4 Å². The van der Waals surface area contributed by atoms with E-state index in [4.69, 9.17) is 9.88 Å². The van der Waals surface area contributed by atoms with Crippen LogP contribution in [0.5, 0.6) is 0 Å². The Labute approximate surface area is 225 Å². The predicted octanol–water partition coefficient (Wildman–Crippen LogP) is 1.23. The number of morpholine rings is 1. The van der Waals surface area contributed by atoms with Gasteiger partial charge in [0.25, 0.3) is 5.91 Å². The Kier molecular flexibility index (Phi) is 8.18. The minimum Gasteiger partial charge on any atom is -0.378 e. The highest BCUT2D eigenvalue weighted by Gasteiger charge is 2.34. The molecule has 2 heterocycles. The Bertz CT molecular complexity index is 1580. The number of hydrogen-bond donors (Lipinski definition) is 2. The number of nitrogens with one attached hydrogen (secondary N) is 1. The van der Waals surface area contributed by atoms with Crippen molar-refractivity contribution >= 4 is 53.2 Å². The lowest BCUT2D eigenvalue weighted by atomic mass is 9.99. The van der Waals surface area contributed by atoms with E-state index in [1.54, 1.807) is 17.0 Å². The first-order valence-corrected chi connectivity index (χ1v) is 16.2. The molecule has 2 aromatic carbocycles. The third-order valence-electron chi connectivity index (χ3n) is 6.07. The highest BCUT2D eigenvalue weighted by Crippen LogP contribution is 2.35. The summed E-state index contributed by atoms with van der Waals surface area (Å²) in [7, 11) is -7.73. The molecule has 1 aromatic heterocycles. The van der Waals surface area contributed by atoms with Crippen LogP contribution in [0.4, 0.5) is 0 Å². The summed E-state index contributed by atoms with van der Waals surface area (Å²) in [5.74, 6) is -1.44. The first kappa shape index (κ1) is 28.1. The molecule has 11 nitrogen and oxygen atoms in total. The van der Waals surface area contributed by atoms with Crippen molar-refractivity contribution in [1.29, 1.82) is 0 Å². The number of nitrogens with two attached hydrogens (primary N) is 1. The number of carbonyl (C=O) groups is 2. The highest BCUT2D eigenvalue weighted by atomic mass is 32.2. The molecule has 1 atom stereocenters. The minimum atomic E-state index is -3.91. The lowest BCUT2D eigenvalue weighted by Crippen LogP contribution is -2.40. The average Bonchev–Trinajstić information content (AvgIpc) is 3.23. The molecule has 38 heavy (non-hydrogen) atoms. The zero-order valence-electron chi connectivity index (χ0n) is 20.8. The van der Waals surface area contributed by atoms with Gasteiger partial charge in [0.2, 0.25) is 15.9 Å². The van der Waals surface area contributed by atoms with Gasteiger partial charge in [0.15, 0.2) is 15.1 Å². The van der Waals surface area contributed by atoms with Gasteiger partial charge in [-0.1, -0.05) is 12.1 Å². The molecule has 1 fully saturated rings. The van der Waals surface area contributed by atoms with Crippen molar-refractivity contribution in [1.82, 2.24) is 15.2 Å². The average molecular weight is 581 g/mol. The molecule has 0 saturated carbocycles.